The summed E-state index contributed by atoms with van der Waals surface area (Å²) in [6.07, 6.45) is 1.09. The predicted octanol–water partition coefficient (Wildman–Crippen LogP) is 1.52. The van der Waals surface area contributed by atoms with Crippen molar-refractivity contribution in [1.82, 2.24) is 9.88 Å². The van der Waals surface area contributed by atoms with Crippen LogP contribution < -0.4 is 0 Å². The van der Waals surface area contributed by atoms with E-state index in [0.717, 1.165) is 10.9 Å². The molecule has 1 unspecified atom stereocenters. The number of amides is 1. The smallest absolute Gasteiger partial charge is 0.272 e. The highest BCUT2D eigenvalue weighted by atomic mass is 16.3. The van der Waals surface area contributed by atoms with Gasteiger partial charge in [0.15, 0.2) is 0 Å². The molecule has 2 aromatic rings. The highest BCUT2D eigenvalue weighted by molar-refractivity contribution is 5.97. The van der Waals surface area contributed by atoms with E-state index < -0.39 is 5.60 Å². The molecule has 1 atom stereocenters. The Balaban J connectivity index is 1.97. The Morgan fingerprint density at radius 3 is 2.79 bits per heavy atom. The van der Waals surface area contributed by atoms with Crippen LogP contribution in [-0.4, -0.2) is 56.4 Å². The van der Waals surface area contributed by atoms with Crippen molar-refractivity contribution in [1.29, 1.82) is 0 Å². The van der Waals surface area contributed by atoms with Crippen LogP contribution in [0, 0.1) is 13.8 Å². The summed E-state index contributed by atoms with van der Waals surface area (Å²) in [6, 6.07) is 5.30. The lowest BCUT2D eigenvalue weighted by Crippen LogP contribution is -2.52. The Kier molecular flexibility index (Phi) is 4.19. The van der Waals surface area contributed by atoms with E-state index in [2.05, 4.69) is 4.98 Å². The number of carbonyl (C=O) groups excluding carboxylic acids is 1. The van der Waals surface area contributed by atoms with Crippen molar-refractivity contribution in [2.75, 3.05) is 19.7 Å². The van der Waals surface area contributed by atoms with Gasteiger partial charge in [-0.15, -0.1) is 0 Å². The van der Waals surface area contributed by atoms with Crippen molar-refractivity contribution in [2.45, 2.75) is 32.3 Å². The molecule has 1 aliphatic rings. The third-order valence-corrected chi connectivity index (χ3v) is 4.71. The molecule has 0 bridgehead atoms. The molecule has 6 heteroatoms. The first-order valence-corrected chi connectivity index (χ1v) is 8.07. The number of phenolic OH excluding ortho intramolecular Hbond substituents is 1. The third kappa shape index (κ3) is 2.83. The zero-order valence-corrected chi connectivity index (χ0v) is 13.9. The van der Waals surface area contributed by atoms with Crippen LogP contribution in [0.15, 0.2) is 18.2 Å². The number of aryl methyl sites for hydroxylation is 2. The number of likely N-dealkylation sites (tertiary alicyclic amines) is 1. The lowest BCUT2D eigenvalue weighted by Gasteiger charge is -2.37. The molecule has 1 aliphatic heterocycles. The lowest BCUT2D eigenvalue weighted by molar-refractivity contribution is -0.0599. The number of hydrogen-bond donors (Lipinski definition) is 3. The Hall–Kier alpha value is -2.18. The molecule has 0 spiro atoms. The average molecular weight is 330 g/mol. The fourth-order valence-corrected chi connectivity index (χ4v) is 3.31. The average Bonchev–Trinajstić information content (AvgIpc) is 2.58. The van der Waals surface area contributed by atoms with E-state index in [-0.39, 0.29) is 30.5 Å². The van der Waals surface area contributed by atoms with Crippen LogP contribution in [-0.2, 0) is 0 Å². The number of nitrogens with zero attached hydrogens (tertiary/aromatic N) is 2. The number of hydrogen-bond acceptors (Lipinski definition) is 5. The number of phenols is 1. The summed E-state index contributed by atoms with van der Waals surface area (Å²) in [5.74, 6) is -0.224. The number of benzene rings is 1. The molecule has 0 saturated carbocycles. The van der Waals surface area contributed by atoms with Gasteiger partial charge in [0.2, 0.25) is 0 Å². The second-order valence-electron chi connectivity index (χ2n) is 6.66. The van der Waals surface area contributed by atoms with Gasteiger partial charge in [-0.2, -0.15) is 0 Å². The zero-order valence-electron chi connectivity index (χ0n) is 13.9. The zero-order chi connectivity index (χ0) is 17.5. The van der Waals surface area contributed by atoms with E-state index in [1.54, 1.807) is 19.1 Å². The van der Waals surface area contributed by atoms with Crippen LogP contribution in [0.1, 0.15) is 34.5 Å². The van der Waals surface area contributed by atoms with Crippen molar-refractivity contribution < 1.29 is 20.1 Å². The van der Waals surface area contributed by atoms with Gasteiger partial charge in [-0.1, -0.05) is 12.1 Å². The molecule has 6 nitrogen and oxygen atoms in total. The summed E-state index contributed by atoms with van der Waals surface area (Å²) in [5.41, 5.74) is 1.09. The van der Waals surface area contributed by atoms with Crippen molar-refractivity contribution in [3.05, 3.63) is 35.0 Å². The molecule has 3 N–H and O–H groups in total. The number of carbonyl (C=O) groups is 1. The predicted molar refractivity (Wildman–Crippen MR) is 90.1 cm³/mol. The quantitative estimate of drug-likeness (QED) is 0.776. The molecule has 1 fully saturated rings. The Morgan fingerprint density at radius 1 is 1.33 bits per heavy atom. The number of aliphatic hydroxyl groups is 2. The maximum absolute atomic E-state index is 12.7. The number of fused-ring (bicyclic) bond motifs is 1. The second kappa shape index (κ2) is 6.03. The summed E-state index contributed by atoms with van der Waals surface area (Å²) in [6.45, 7) is 3.95. The van der Waals surface area contributed by atoms with E-state index in [1.807, 2.05) is 13.0 Å². The molecule has 3 rings (SSSR count). The van der Waals surface area contributed by atoms with Crippen molar-refractivity contribution in [3.8, 4) is 5.75 Å². The van der Waals surface area contributed by atoms with Crippen LogP contribution in [0.4, 0.5) is 0 Å². The Labute approximate surface area is 140 Å². The summed E-state index contributed by atoms with van der Waals surface area (Å²) < 4.78 is 0. The van der Waals surface area contributed by atoms with Crippen LogP contribution in [0.5, 0.6) is 5.75 Å². The van der Waals surface area contributed by atoms with Gasteiger partial charge in [0, 0.05) is 11.9 Å². The molecule has 24 heavy (non-hydrogen) atoms. The van der Waals surface area contributed by atoms with E-state index in [9.17, 15) is 20.1 Å². The number of aromatic nitrogens is 1. The molecule has 1 aromatic heterocycles. The third-order valence-electron chi connectivity index (χ3n) is 4.71. The van der Waals surface area contributed by atoms with Crippen molar-refractivity contribution in [3.63, 3.8) is 0 Å². The van der Waals surface area contributed by atoms with E-state index in [4.69, 9.17) is 0 Å². The minimum atomic E-state index is -1.25. The van der Waals surface area contributed by atoms with Crippen molar-refractivity contribution in [2.24, 2.45) is 0 Å². The molecular formula is C18H22N2O4. The van der Waals surface area contributed by atoms with E-state index in [0.29, 0.717) is 30.5 Å². The first-order valence-electron chi connectivity index (χ1n) is 8.07. The second-order valence-corrected chi connectivity index (χ2v) is 6.66. The van der Waals surface area contributed by atoms with Crippen molar-refractivity contribution >= 4 is 16.8 Å². The molecule has 2 heterocycles. The highest BCUT2D eigenvalue weighted by Crippen LogP contribution is 2.30. The monoisotopic (exact) mass is 330 g/mol. The molecule has 0 radical (unpaired) electrons. The standard InChI is InChI=1S/C18H22N2O4/c1-11-8-12(2)16(22)15-13(11)4-5-14(19-15)17(23)20-7-3-6-18(24,9-20)10-21/h4-5,8,21-22,24H,3,6-7,9-10H2,1-2H3. The molecule has 1 amide bonds. The summed E-state index contributed by atoms with van der Waals surface area (Å²) in [4.78, 5) is 18.6. The minimum Gasteiger partial charge on any atom is -0.505 e. The van der Waals surface area contributed by atoms with Gasteiger partial charge in [-0.05, 0) is 43.9 Å². The van der Waals surface area contributed by atoms with E-state index in [1.165, 1.54) is 4.90 Å². The van der Waals surface area contributed by atoms with Gasteiger partial charge in [-0.25, -0.2) is 4.98 Å². The normalized spacial score (nSPS) is 21.2. The SMILES string of the molecule is Cc1cc(C)c2ccc(C(=O)N3CCCC(O)(CO)C3)nc2c1O. The van der Waals surface area contributed by atoms with Gasteiger partial charge >= 0.3 is 0 Å². The topological polar surface area (TPSA) is 93.9 Å². The highest BCUT2D eigenvalue weighted by Gasteiger charge is 2.35. The minimum absolute atomic E-state index is 0.0794. The van der Waals surface area contributed by atoms with Gasteiger partial charge < -0.3 is 20.2 Å². The molecule has 0 aliphatic carbocycles. The maximum Gasteiger partial charge on any atom is 0.272 e. The lowest BCUT2D eigenvalue weighted by atomic mass is 9.93. The van der Waals surface area contributed by atoms with Crippen LogP contribution in [0.25, 0.3) is 10.9 Å². The van der Waals surface area contributed by atoms with Gasteiger partial charge in [0.05, 0.1) is 13.2 Å². The number of β-amino-alcohol motifs (C(OH)–C–C–N with tert-alkyl or cyclic N) is 1. The number of aromatic hydroxyl groups is 1. The van der Waals surface area contributed by atoms with Gasteiger partial charge in [-0.3, -0.25) is 4.79 Å². The van der Waals surface area contributed by atoms with Crippen LogP contribution in [0.3, 0.4) is 0 Å². The van der Waals surface area contributed by atoms with E-state index >= 15 is 0 Å². The first-order chi connectivity index (χ1) is 11.3. The number of aliphatic hydroxyl groups excluding tert-OH is 1. The van der Waals surface area contributed by atoms with Gasteiger partial charge in [0.25, 0.3) is 5.91 Å². The Bertz CT molecular complexity index is 805. The number of rotatable bonds is 2. The Morgan fingerprint density at radius 2 is 2.08 bits per heavy atom. The number of pyridine rings is 1. The fraction of sp³-hybridized carbons (Fsp3) is 0.444. The number of piperidine rings is 1. The molecule has 1 saturated heterocycles. The van der Waals surface area contributed by atoms with Crippen LogP contribution in [0.2, 0.25) is 0 Å². The first kappa shape index (κ1) is 16.7. The molecular weight excluding hydrogens is 308 g/mol. The fourth-order valence-electron chi connectivity index (χ4n) is 3.31. The molecule has 1 aromatic carbocycles. The largest absolute Gasteiger partial charge is 0.505 e. The van der Waals surface area contributed by atoms with Gasteiger partial charge in [0.1, 0.15) is 22.6 Å². The maximum atomic E-state index is 12.7. The summed E-state index contributed by atoms with van der Waals surface area (Å²) in [5, 5.41) is 30.6. The van der Waals surface area contributed by atoms with Crippen LogP contribution >= 0.6 is 0 Å². The summed E-state index contributed by atoms with van der Waals surface area (Å²) in [7, 11) is 0. The molecule has 128 valence electrons. The summed E-state index contributed by atoms with van der Waals surface area (Å²) >= 11 is 0.